The Bertz CT molecular complexity index is 1130. The zero-order valence-electron chi connectivity index (χ0n) is 20.1. The predicted octanol–water partition coefficient (Wildman–Crippen LogP) is 4.48. The second-order valence-corrected chi connectivity index (χ2v) is 10.5. The van der Waals surface area contributed by atoms with Crippen LogP contribution in [0.2, 0.25) is 0 Å². The molecule has 34 heavy (non-hydrogen) atoms. The van der Waals surface area contributed by atoms with Gasteiger partial charge in [-0.15, -0.1) is 0 Å². The Morgan fingerprint density at radius 2 is 1.74 bits per heavy atom. The number of piperidine rings is 1. The molecule has 3 aromatic heterocycles. The molecule has 0 aromatic carbocycles. The van der Waals surface area contributed by atoms with Crippen molar-refractivity contribution in [2.75, 3.05) is 26.2 Å². The molecule has 6 rings (SSSR count). The summed E-state index contributed by atoms with van der Waals surface area (Å²) < 4.78 is 4.23. The van der Waals surface area contributed by atoms with Gasteiger partial charge in [-0.3, -0.25) is 9.20 Å². The smallest absolute Gasteiger partial charge is 0.274 e. The molecule has 0 radical (unpaired) electrons. The summed E-state index contributed by atoms with van der Waals surface area (Å²) in [7, 11) is 0. The third kappa shape index (κ3) is 4.26. The highest BCUT2D eigenvalue weighted by Gasteiger charge is 2.31. The van der Waals surface area contributed by atoms with E-state index < -0.39 is 0 Å². The molecule has 5 heterocycles. The summed E-state index contributed by atoms with van der Waals surface area (Å²) in [5.41, 5.74) is 2.26. The Labute approximate surface area is 201 Å². The van der Waals surface area contributed by atoms with E-state index in [0.717, 1.165) is 55.4 Å². The molecule has 1 aliphatic carbocycles. The van der Waals surface area contributed by atoms with E-state index in [1.54, 1.807) is 0 Å². The van der Waals surface area contributed by atoms with Gasteiger partial charge < -0.3 is 14.4 Å². The van der Waals surface area contributed by atoms with Crippen LogP contribution >= 0.6 is 0 Å². The number of nitrogens with zero attached hydrogens (tertiary/aromatic N) is 6. The molecule has 180 valence electrons. The molecule has 7 nitrogen and oxygen atoms in total. The number of fused-ring (bicyclic) bond motifs is 1. The number of rotatable bonds is 5. The molecule has 3 aliphatic rings. The van der Waals surface area contributed by atoms with E-state index in [-0.39, 0.29) is 5.91 Å². The molecule has 3 aromatic rings. The van der Waals surface area contributed by atoms with Gasteiger partial charge in [-0.25, -0.2) is 9.97 Å². The molecule has 0 atom stereocenters. The Hall–Kier alpha value is -2.67. The van der Waals surface area contributed by atoms with Crippen LogP contribution in [0.15, 0.2) is 36.9 Å². The zero-order valence-corrected chi connectivity index (χ0v) is 20.1. The van der Waals surface area contributed by atoms with Gasteiger partial charge in [0, 0.05) is 38.1 Å². The first-order chi connectivity index (χ1) is 16.8. The van der Waals surface area contributed by atoms with Crippen LogP contribution in [0, 0.1) is 5.92 Å². The molecule has 2 aliphatic heterocycles. The van der Waals surface area contributed by atoms with Crippen LogP contribution in [0.3, 0.4) is 0 Å². The average Bonchev–Trinajstić information content (AvgIpc) is 3.65. The van der Waals surface area contributed by atoms with Crippen LogP contribution in [-0.2, 0) is 6.54 Å². The van der Waals surface area contributed by atoms with Crippen molar-refractivity contribution < 1.29 is 4.79 Å². The number of likely N-dealkylation sites (tertiary alicyclic amines) is 2. The summed E-state index contributed by atoms with van der Waals surface area (Å²) in [5.74, 6) is 1.55. The molecular weight excluding hydrogens is 424 g/mol. The molecule has 1 amide bonds. The minimum atomic E-state index is 0.0523. The number of imidazole rings is 2. The number of hydrogen-bond acceptors (Lipinski definition) is 4. The monoisotopic (exact) mass is 460 g/mol. The molecule has 0 unspecified atom stereocenters. The average molecular weight is 461 g/mol. The van der Waals surface area contributed by atoms with Crippen LogP contribution in [0.4, 0.5) is 0 Å². The van der Waals surface area contributed by atoms with E-state index in [4.69, 9.17) is 9.97 Å². The summed E-state index contributed by atoms with van der Waals surface area (Å²) in [4.78, 5) is 27.8. The van der Waals surface area contributed by atoms with Crippen molar-refractivity contribution in [2.45, 2.75) is 70.4 Å². The van der Waals surface area contributed by atoms with E-state index in [2.05, 4.69) is 15.7 Å². The minimum Gasteiger partial charge on any atom is -0.337 e. The number of carbonyl (C=O) groups excluding carboxylic acids is 1. The van der Waals surface area contributed by atoms with Crippen LogP contribution < -0.4 is 0 Å². The normalized spacial score (nSPS) is 21.0. The first-order valence-corrected chi connectivity index (χ1v) is 13.3. The molecule has 3 fully saturated rings. The van der Waals surface area contributed by atoms with E-state index in [1.165, 1.54) is 58.0 Å². The van der Waals surface area contributed by atoms with Crippen molar-refractivity contribution in [3.63, 3.8) is 0 Å². The van der Waals surface area contributed by atoms with Gasteiger partial charge in [-0.2, -0.15) is 0 Å². The zero-order chi connectivity index (χ0) is 22.9. The maximum Gasteiger partial charge on any atom is 0.274 e. The van der Waals surface area contributed by atoms with Crippen molar-refractivity contribution in [1.82, 2.24) is 28.7 Å². The highest BCUT2D eigenvalue weighted by Crippen LogP contribution is 2.28. The fourth-order valence-electron chi connectivity index (χ4n) is 6.31. The third-order valence-corrected chi connectivity index (χ3v) is 8.22. The molecular formula is C27H36N6O. The lowest BCUT2D eigenvalue weighted by Crippen LogP contribution is -2.46. The van der Waals surface area contributed by atoms with E-state index in [1.807, 2.05) is 40.0 Å². The number of hydrogen-bond donors (Lipinski definition) is 0. The second kappa shape index (κ2) is 9.53. The minimum absolute atomic E-state index is 0.0523. The predicted molar refractivity (Wildman–Crippen MR) is 133 cm³/mol. The van der Waals surface area contributed by atoms with Gasteiger partial charge in [-0.1, -0.05) is 25.3 Å². The Balaban J connectivity index is 1.21. The summed E-state index contributed by atoms with van der Waals surface area (Å²) in [6, 6.07) is 6.61. The summed E-state index contributed by atoms with van der Waals surface area (Å²) in [6.07, 6.45) is 17.5. The number of aromatic nitrogens is 4. The van der Waals surface area contributed by atoms with Gasteiger partial charge in [0.25, 0.3) is 5.91 Å². The van der Waals surface area contributed by atoms with Crippen molar-refractivity contribution in [3.05, 3.63) is 42.6 Å². The maximum absolute atomic E-state index is 13.6. The van der Waals surface area contributed by atoms with Gasteiger partial charge in [0.2, 0.25) is 0 Å². The largest absolute Gasteiger partial charge is 0.337 e. The molecule has 2 saturated heterocycles. The van der Waals surface area contributed by atoms with Gasteiger partial charge in [0.05, 0.1) is 11.8 Å². The Kier molecular flexibility index (Phi) is 6.12. The lowest BCUT2D eigenvalue weighted by Gasteiger charge is -2.36. The van der Waals surface area contributed by atoms with Crippen molar-refractivity contribution in [2.24, 2.45) is 5.92 Å². The highest BCUT2D eigenvalue weighted by molar-refractivity contribution is 6.00. The van der Waals surface area contributed by atoms with Crippen LogP contribution in [0.25, 0.3) is 17.0 Å². The van der Waals surface area contributed by atoms with Crippen molar-refractivity contribution in [3.8, 4) is 11.5 Å². The quantitative estimate of drug-likeness (QED) is 0.563. The third-order valence-electron chi connectivity index (χ3n) is 8.22. The van der Waals surface area contributed by atoms with Gasteiger partial charge in [0.1, 0.15) is 5.69 Å². The van der Waals surface area contributed by atoms with E-state index >= 15 is 0 Å². The standard InChI is InChI=1S/C27H36N6O/c34-27(32-16-11-22(12-17-32)31-13-6-7-14-31)25-24-10-4-5-15-33(24)26(29-25)23-19-30(20-28-23)18-21-8-2-1-3-9-21/h4-5,10,15,19-22H,1-3,6-9,11-14,16-18H2. The summed E-state index contributed by atoms with van der Waals surface area (Å²) >= 11 is 0. The second-order valence-electron chi connectivity index (χ2n) is 10.5. The van der Waals surface area contributed by atoms with Gasteiger partial charge in [0.15, 0.2) is 11.5 Å². The number of amides is 1. The topological polar surface area (TPSA) is 58.7 Å². The van der Waals surface area contributed by atoms with Gasteiger partial charge >= 0.3 is 0 Å². The highest BCUT2D eigenvalue weighted by atomic mass is 16.2. The van der Waals surface area contributed by atoms with E-state index in [9.17, 15) is 4.79 Å². The SMILES string of the molecule is O=C(c1nc(-c2cn(CC3CCCCC3)cn2)n2ccccc12)N1CCC(N2CCCC2)CC1. The van der Waals surface area contributed by atoms with Crippen molar-refractivity contribution in [1.29, 1.82) is 0 Å². The molecule has 0 spiro atoms. The molecule has 1 saturated carbocycles. The van der Waals surface area contributed by atoms with Crippen molar-refractivity contribution >= 4 is 11.4 Å². The fraction of sp³-hybridized carbons (Fsp3) is 0.593. The number of carbonyl (C=O) groups is 1. The summed E-state index contributed by atoms with van der Waals surface area (Å²) in [5, 5.41) is 0. The fourth-order valence-corrected chi connectivity index (χ4v) is 6.31. The number of pyridine rings is 1. The first kappa shape index (κ1) is 21.8. The molecule has 0 N–H and O–H groups in total. The van der Waals surface area contributed by atoms with E-state index in [0.29, 0.717) is 11.7 Å². The lowest BCUT2D eigenvalue weighted by molar-refractivity contribution is 0.0641. The van der Waals surface area contributed by atoms with Crippen LogP contribution in [0.1, 0.15) is 68.3 Å². The molecule has 7 heteroatoms. The Morgan fingerprint density at radius 3 is 2.53 bits per heavy atom. The van der Waals surface area contributed by atoms with Crippen LogP contribution in [-0.4, -0.2) is 66.9 Å². The van der Waals surface area contributed by atoms with Gasteiger partial charge in [-0.05, 0) is 69.7 Å². The lowest BCUT2D eigenvalue weighted by atomic mass is 9.89. The Morgan fingerprint density at radius 1 is 0.941 bits per heavy atom. The van der Waals surface area contributed by atoms with Crippen LogP contribution in [0.5, 0.6) is 0 Å². The maximum atomic E-state index is 13.6. The molecule has 0 bridgehead atoms. The first-order valence-electron chi connectivity index (χ1n) is 13.3. The summed E-state index contributed by atoms with van der Waals surface area (Å²) in [6.45, 7) is 5.10.